The van der Waals surface area contributed by atoms with Crippen molar-refractivity contribution in [2.45, 2.75) is 286 Å². The molecule has 0 saturated heterocycles. The molecule has 3 heteroatoms. The zero-order chi connectivity index (χ0) is 93.3. The van der Waals surface area contributed by atoms with Gasteiger partial charge in [0, 0.05) is 67.4 Å². The molecule has 0 atom stereocenters. The summed E-state index contributed by atoms with van der Waals surface area (Å²) in [6, 6.07) is 132. The van der Waals surface area contributed by atoms with Crippen LogP contribution in [0.3, 0.4) is 0 Å². The molecule has 6 saturated carbocycles. The van der Waals surface area contributed by atoms with Gasteiger partial charge in [-0.25, -0.2) is 0 Å². The molecule has 0 heterocycles. The molecule has 9 aliphatic rings. The van der Waals surface area contributed by atoms with Crippen molar-refractivity contribution in [1.29, 1.82) is 0 Å². The zero-order valence-electron chi connectivity index (χ0n) is 82.9. The maximum absolute atomic E-state index is 2.58. The van der Waals surface area contributed by atoms with E-state index in [4.69, 9.17) is 0 Å². The average Bonchev–Trinajstić information content (AvgIpc) is 1.57. The topological polar surface area (TPSA) is 9.72 Å². The first-order valence-electron chi connectivity index (χ1n) is 53.7. The average molecular weight is 1810 g/mol. The lowest BCUT2D eigenvalue weighted by molar-refractivity contribution is 0.443. The summed E-state index contributed by atoms with van der Waals surface area (Å²) in [5, 5.41) is 0. The molecule has 138 heavy (non-hydrogen) atoms. The van der Waals surface area contributed by atoms with Gasteiger partial charge in [0.2, 0.25) is 0 Å². The van der Waals surface area contributed by atoms with Crippen molar-refractivity contribution in [2.75, 3.05) is 14.7 Å². The normalized spacial score (nSPS) is 17.8. The van der Waals surface area contributed by atoms with Crippen LogP contribution < -0.4 is 14.7 Å². The van der Waals surface area contributed by atoms with Crippen LogP contribution in [0, 0.1) is 0 Å². The van der Waals surface area contributed by atoms with Crippen LogP contribution in [0.5, 0.6) is 0 Å². The Kier molecular flexibility index (Phi) is 26.3. The van der Waals surface area contributed by atoms with Gasteiger partial charge in [0.15, 0.2) is 0 Å². The fraction of sp³-hybridized carbons (Fsp3) is 0.333. The molecule has 6 fully saturated rings. The Morgan fingerprint density at radius 3 is 0.703 bits per heavy atom. The minimum atomic E-state index is -0.0471. The van der Waals surface area contributed by atoms with Gasteiger partial charge in [-0.3, -0.25) is 0 Å². The molecule has 0 bridgehead atoms. The van der Waals surface area contributed by atoms with Crippen molar-refractivity contribution in [3.05, 3.63) is 413 Å². The zero-order valence-corrected chi connectivity index (χ0v) is 82.9. The van der Waals surface area contributed by atoms with Crippen molar-refractivity contribution in [2.24, 2.45) is 0 Å². The van der Waals surface area contributed by atoms with Gasteiger partial charge >= 0.3 is 0 Å². The van der Waals surface area contributed by atoms with Crippen LogP contribution >= 0.6 is 0 Å². The molecule has 9 aliphatic carbocycles. The van der Waals surface area contributed by atoms with Gasteiger partial charge in [0.05, 0.1) is 0 Å². The summed E-state index contributed by atoms with van der Waals surface area (Å²) in [6.07, 6.45) is 40.6. The van der Waals surface area contributed by atoms with E-state index in [2.05, 4.69) is 402 Å². The van der Waals surface area contributed by atoms with Crippen LogP contribution in [0.15, 0.2) is 346 Å². The Hall–Kier alpha value is -12.3. The standard InChI is InChI=1S/C51H57N.C45H47N.C39H37N/c1-51(2)49-34-41(37-16-8-4-9-17-37)26-32-47(49)48-33-31-44(35-50(48)51)52(42-27-22-38(23-28-42)36-14-6-3-7-15-36)43-29-24-40(25-30-43)46-21-13-12-20-45(46)39-18-10-5-11-19-39;1-45(2)43-20-12-11-19-41(43)42-30-29-38(31-44(42)45)46(36-25-21-33(22-26-36)32-13-5-3-6-14-32)37-27-23-35(24-28-37)40-18-10-9-17-39(40)34-15-7-4-8-16-34;1-39(2)37-16-10-9-15-35(37)36-26-25-34(27-38(36)39)40(32-21-17-30(18-22-32)28-11-5-3-6-12-28)33-23-19-31(20-24-33)29-13-7-4-8-14-29/h12-13,20-37,39H,3-11,14-19H2,1-2H3;9-12,17-32,34H,3-8,13-16H2,1-2H3;3,5-6,9-12,15-27,29H,4,7-8,13-14H2,1-2H3. The highest BCUT2D eigenvalue weighted by Gasteiger charge is 2.41. The second-order valence-electron chi connectivity index (χ2n) is 43.9. The van der Waals surface area contributed by atoms with Crippen molar-refractivity contribution in [1.82, 2.24) is 0 Å². The molecule has 0 aliphatic heterocycles. The summed E-state index contributed by atoms with van der Waals surface area (Å²) < 4.78 is 0. The minimum absolute atomic E-state index is 0.0321. The van der Waals surface area contributed by atoms with Crippen LogP contribution in [-0.2, 0) is 16.2 Å². The molecule has 0 spiro atoms. The number of nitrogens with zero attached hydrogens (tertiary/aromatic N) is 3. The van der Waals surface area contributed by atoms with E-state index in [9.17, 15) is 0 Å². The maximum atomic E-state index is 2.58. The number of fused-ring (bicyclic) bond motifs is 9. The van der Waals surface area contributed by atoms with Crippen LogP contribution in [0.1, 0.15) is 336 Å². The van der Waals surface area contributed by atoms with E-state index < -0.39 is 0 Å². The Morgan fingerprint density at radius 1 is 0.159 bits per heavy atom. The van der Waals surface area contributed by atoms with Gasteiger partial charge < -0.3 is 14.7 Å². The lowest BCUT2D eigenvalue weighted by Crippen LogP contribution is -2.17. The van der Waals surface area contributed by atoms with Gasteiger partial charge in [-0.2, -0.15) is 0 Å². The number of hydrogen-bond acceptors (Lipinski definition) is 3. The first-order chi connectivity index (χ1) is 67.7. The third-order valence-corrected chi connectivity index (χ3v) is 34.5. The first kappa shape index (κ1) is 90.8. The van der Waals surface area contributed by atoms with Gasteiger partial charge in [0.1, 0.15) is 0 Å². The van der Waals surface area contributed by atoms with Gasteiger partial charge in [0.25, 0.3) is 0 Å². The predicted octanol–water partition coefficient (Wildman–Crippen LogP) is 39.7. The SMILES string of the molecule is CC1(C)c2cc(C3CCCCC3)ccc2-c2ccc(N(c3ccc(-c4ccccc4C4CCCCC4)cc3)c3ccc(C4CCCCC4)cc3)cc21.CC1(C)c2ccccc2-c2ccc(N(c3ccc(-c4ccccc4)cc3)c3ccc(C4CCCCC4)cc3)cc21.CC1(C)c2ccccc2-c2ccc(N(c3ccc(-c4ccccc4C4CCCCC4)cc3)c3ccc(C4CCCCC4)cc3)cc21. The Balaban J connectivity index is 0.000000121. The van der Waals surface area contributed by atoms with E-state index in [0.29, 0.717) is 29.6 Å². The summed E-state index contributed by atoms with van der Waals surface area (Å²) in [5.41, 5.74) is 44.8. The highest BCUT2D eigenvalue weighted by molar-refractivity contribution is 5.91. The largest absolute Gasteiger partial charge is 0.310 e. The molecule has 696 valence electrons. The molecule has 15 aromatic carbocycles. The minimum Gasteiger partial charge on any atom is -0.310 e. The van der Waals surface area contributed by atoms with Crippen molar-refractivity contribution in [3.63, 3.8) is 0 Å². The van der Waals surface area contributed by atoms with Crippen LogP contribution in [0.25, 0.3) is 66.8 Å². The summed E-state index contributed by atoms with van der Waals surface area (Å²) in [4.78, 5) is 7.41. The van der Waals surface area contributed by atoms with Gasteiger partial charge in [-0.05, 0) is 355 Å². The van der Waals surface area contributed by atoms with E-state index in [1.54, 1.807) is 5.56 Å². The van der Waals surface area contributed by atoms with Crippen molar-refractivity contribution in [3.8, 4) is 66.8 Å². The lowest BCUT2D eigenvalue weighted by Gasteiger charge is -2.29. The summed E-state index contributed by atoms with van der Waals surface area (Å²) in [7, 11) is 0. The smallest absolute Gasteiger partial charge is 0.0465 e. The van der Waals surface area contributed by atoms with Crippen molar-refractivity contribution < 1.29 is 0 Å². The third-order valence-electron chi connectivity index (χ3n) is 34.5. The van der Waals surface area contributed by atoms with Gasteiger partial charge in [-0.1, -0.05) is 394 Å². The van der Waals surface area contributed by atoms with E-state index >= 15 is 0 Å². The summed E-state index contributed by atoms with van der Waals surface area (Å²) >= 11 is 0. The number of benzene rings is 15. The van der Waals surface area contributed by atoms with E-state index in [1.807, 2.05) is 0 Å². The quantitative estimate of drug-likeness (QED) is 0.0848. The second-order valence-corrected chi connectivity index (χ2v) is 43.9. The van der Waals surface area contributed by atoms with Gasteiger partial charge in [-0.15, -0.1) is 0 Å². The van der Waals surface area contributed by atoms with Crippen LogP contribution in [-0.4, -0.2) is 0 Å². The third kappa shape index (κ3) is 18.2. The fourth-order valence-corrected chi connectivity index (χ4v) is 26.6. The molecular weight excluding hydrogens is 1660 g/mol. The molecular formula is C135H141N3. The van der Waals surface area contributed by atoms with Crippen LogP contribution in [0.2, 0.25) is 0 Å². The molecule has 0 amide bonds. The second kappa shape index (κ2) is 39.9. The Labute approximate surface area is 825 Å². The molecule has 15 aromatic rings. The maximum Gasteiger partial charge on any atom is 0.0465 e. The van der Waals surface area contributed by atoms with E-state index in [-0.39, 0.29) is 16.2 Å². The lowest BCUT2D eigenvalue weighted by atomic mass is 9.79. The van der Waals surface area contributed by atoms with Crippen molar-refractivity contribution >= 4 is 51.2 Å². The molecule has 24 rings (SSSR count). The summed E-state index contributed by atoms with van der Waals surface area (Å²) in [6.45, 7) is 14.4. The number of hydrogen-bond donors (Lipinski definition) is 0. The Bertz CT molecular complexity index is 6730. The predicted molar refractivity (Wildman–Crippen MR) is 587 cm³/mol. The first-order valence-corrected chi connectivity index (χ1v) is 53.7. The van der Waals surface area contributed by atoms with E-state index in [0.717, 1.165) is 5.92 Å². The summed E-state index contributed by atoms with van der Waals surface area (Å²) in [5.74, 6) is 4.21. The molecule has 3 nitrogen and oxygen atoms in total. The molecule has 0 radical (unpaired) electrons. The van der Waals surface area contributed by atoms with E-state index in [1.165, 1.54) is 372 Å². The molecule has 0 aromatic heterocycles. The number of rotatable bonds is 18. The fourth-order valence-electron chi connectivity index (χ4n) is 26.6. The monoisotopic (exact) mass is 1800 g/mol. The molecule has 0 N–H and O–H groups in total. The highest BCUT2D eigenvalue weighted by atomic mass is 15.2. The highest BCUT2D eigenvalue weighted by Crippen LogP contribution is 2.57. The number of anilines is 9. The Morgan fingerprint density at radius 2 is 0.377 bits per heavy atom. The molecule has 0 unspecified atom stereocenters. The van der Waals surface area contributed by atoms with Crippen LogP contribution in [0.4, 0.5) is 51.2 Å².